The standard InChI is InChI=1S/C27H17Cl3N2O4S/c28-18-5-3-4-16(12-18)15-32-23-13-17(26(33)31-19-9-10-21(29)22(30)14-19)8-11-25(23)37(35,36)24-7-2-1-6-20(24)27(32)34/h1-14H,15H2,(H,31,33). The number of rotatable bonds is 4. The number of nitrogens with one attached hydrogen (secondary N) is 1. The number of amides is 2. The molecule has 1 N–H and O–H groups in total. The third-order valence-electron chi connectivity index (χ3n) is 5.86. The van der Waals surface area contributed by atoms with Gasteiger partial charge in [-0.3, -0.25) is 9.59 Å². The van der Waals surface area contributed by atoms with Crippen LogP contribution < -0.4 is 10.2 Å². The number of benzene rings is 4. The minimum atomic E-state index is -4.07. The van der Waals surface area contributed by atoms with Gasteiger partial charge in [0.15, 0.2) is 0 Å². The van der Waals surface area contributed by atoms with E-state index in [0.717, 1.165) is 0 Å². The van der Waals surface area contributed by atoms with Crippen LogP contribution in [0.2, 0.25) is 15.1 Å². The van der Waals surface area contributed by atoms with Crippen LogP contribution in [0.15, 0.2) is 94.7 Å². The molecule has 5 rings (SSSR count). The van der Waals surface area contributed by atoms with Gasteiger partial charge in [0.1, 0.15) is 0 Å². The Labute approximate surface area is 228 Å². The van der Waals surface area contributed by atoms with Crippen LogP contribution in [0, 0.1) is 0 Å². The molecule has 0 aliphatic carbocycles. The predicted molar refractivity (Wildman–Crippen MR) is 145 cm³/mol. The van der Waals surface area contributed by atoms with E-state index in [1.165, 1.54) is 41.3 Å². The predicted octanol–water partition coefficient (Wildman–Crippen LogP) is 6.89. The first kappa shape index (κ1) is 25.3. The summed E-state index contributed by atoms with van der Waals surface area (Å²) in [5.74, 6) is -1.03. The van der Waals surface area contributed by atoms with Gasteiger partial charge in [-0.25, -0.2) is 8.42 Å². The molecule has 4 aromatic rings. The van der Waals surface area contributed by atoms with E-state index >= 15 is 0 Å². The lowest BCUT2D eigenvalue weighted by atomic mass is 10.1. The van der Waals surface area contributed by atoms with Crippen LogP contribution in [0.25, 0.3) is 0 Å². The van der Waals surface area contributed by atoms with Gasteiger partial charge in [-0.2, -0.15) is 0 Å². The van der Waals surface area contributed by atoms with E-state index in [-0.39, 0.29) is 38.2 Å². The van der Waals surface area contributed by atoms with Crippen molar-refractivity contribution in [3.63, 3.8) is 0 Å². The normalized spacial score (nSPS) is 13.9. The van der Waals surface area contributed by atoms with Crippen LogP contribution in [0.5, 0.6) is 0 Å². The van der Waals surface area contributed by atoms with Gasteiger partial charge < -0.3 is 10.2 Å². The number of nitrogens with zero attached hydrogens (tertiary/aromatic N) is 1. The van der Waals surface area contributed by atoms with E-state index in [0.29, 0.717) is 21.3 Å². The lowest BCUT2D eigenvalue weighted by Crippen LogP contribution is -2.30. The average molecular weight is 572 g/mol. The highest BCUT2D eigenvalue weighted by Crippen LogP contribution is 2.38. The fourth-order valence-corrected chi connectivity index (χ4v) is 6.24. The molecule has 37 heavy (non-hydrogen) atoms. The Hall–Kier alpha value is -3.36. The molecule has 0 saturated carbocycles. The lowest BCUT2D eigenvalue weighted by Gasteiger charge is -2.23. The molecule has 0 saturated heterocycles. The molecule has 1 aliphatic rings. The monoisotopic (exact) mass is 570 g/mol. The van der Waals surface area contributed by atoms with Gasteiger partial charge in [0.25, 0.3) is 11.8 Å². The summed E-state index contributed by atoms with van der Waals surface area (Å²) in [6, 6.07) is 21.8. The highest BCUT2D eigenvalue weighted by atomic mass is 35.5. The Morgan fingerprint density at radius 2 is 1.59 bits per heavy atom. The largest absolute Gasteiger partial charge is 0.322 e. The zero-order chi connectivity index (χ0) is 26.3. The Kier molecular flexibility index (Phi) is 6.72. The summed E-state index contributed by atoms with van der Waals surface area (Å²) in [5.41, 5.74) is 1.37. The second-order valence-electron chi connectivity index (χ2n) is 8.29. The average Bonchev–Trinajstić information content (AvgIpc) is 2.94. The zero-order valence-electron chi connectivity index (χ0n) is 18.9. The SMILES string of the molecule is O=C(Nc1ccc(Cl)c(Cl)c1)c1ccc2c(c1)N(Cc1cccc(Cl)c1)C(=O)c1ccccc1S2(=O)=O. The summed E-state index contributed by atoms with van der Waals surface area (Å²) >= 11 is 18.2. The van der Waals surface area contributed by atoms with Gasteiger partial charge in [-0.1, -0.05) is 59.1 Å². The summed E-state index contributed by atoms with van der Waals surface area (Å²) in [7, 11) is -4.07. The summed E-state index contributed by atoms with van der Waals surface area (Å²) in [5, 5.41) is 3.80. The quantitative estimate of drug-likeness (QED) is 0.289. The molecule has 0 unspecified atom stereocenters. The zero-order valence-corrected chi connectivity index (χ0v) is 22.0. The van der Waals surface area contributed by atoms with Crippen molar-refractivity contribution < 1.29 is 18.0 Å². The topological polar surface area (TPSA) is 83.6 Å². The van der Waals surface area contributed by atoms with E-state index in [4.69, 9.17) is 34.8 Å². The van der Waals surface area contributed by atoms with Crippen molar-refractivity contribution in [1.82, 2.24) is 0 Å². The van der Waals surface area contributed by atoms with E-state index in [1.54, 1.807) is 48.5 Å². The van der Waals surface area contributed by atoms with Crippen molar-refractivity contribution in [2.45, 2.75) is 16.3 Å². The molecule has 1 aliphatic heterocycles. The van der Waals surface area contributed by atoms with Gasteiger partial charge >= 0.3 is 0 Å². The van der Waals surface area contributed by atoms with Crippen molar-refractivity contribution >= 4 is 67.8 Å². The fraction of sp³-hybridized carbons (Fsp3) is 0.0370. The van der Waals surface area contributed by atoms with Crippen molar-refractivity contribution in [2.24, 2.45) is 0 Å². The van der Waals surface area contributed by atoms with E-state index in [1.807, 2.05) is 0 Å². The molecule has 2 amide bonds. The fourth-order valence-electron chi connectivity index (χ4n) is 4.10. The maximum Gasteiger partial charge on any atom is 0.259 e. The second kappa shape index (κ2) is 9.84. The van der Waals surface area contributed by atoms with Crippen molar-refractivity contribution in [3.8, 4) is 0 Å². The molecule has 0 spiro atoms. The number of carbonyl (C=O) groups is 2. The first-order valence-corrected chi connectivity index (χ1v) is 13.6. The number of sulfone groups is 1. The summed E-state index contributed by atoms with van der Waals surface area (Å²) in [6.45, 7) is 0.0358. The molecule has 0 atom stereocenters. The van der Waals surface area contributed by atoms with Gasteiger partial charge in [-0.15, -0.1) is 0 Å². The highest BCUT2D eigenvalue weighted by molar-refractivity contribution is 7.91. The van der Waals surface area contributed by atoms with Gasteiger partial charge in [0.05, 0.1) is 37.6 Å². The Morgan fingerprint density at radius 1 is 0.811 bits per heavy atom. The summed E-state index contributed by atoms with van der Waals surface area (Å²) < 4.78 is 27.3. The Balaban J connectivity index is 1.63. The maximum atomic E-state index is 13.7. The van der Waals surface area contributed by atoms with E-state index < -0.39 is 21.7 Å². The molecule has 1 heterocycles. The second-order valence-corrected chi connectivity index (χ2v) is 11.4. The maximum absolute atomic E-state index is 13.7. The van der Waals surface area contributed by atoms with Crippen LogP contribution in [0.3, 0.4) is 0 Å². The van der Waals surface area contributed by atoms with Crippen LogP contribution in [-0.4, -0.2) is 20.2 Å². The highest BCUT2D eigenvalue weighted by Gasteiger charge is 2.36. The molecule has 0 aromatic heterocycles. The minimum Gasteiger partial charge on any atom is -0.322 e. The third kappa shape index (κ3) is 4.83. The number of carbonyl (C=O) groups excluding carboxylic acids is 2. The number of fused-ring (bicyclic) bond motifs is 2. The molecule has 186 valence electrons. The number of halogens is 3. The molecular weight excluding hydrogens is 555 g/mol. The molecule has 4 aromatic carbocycles. The van der Waals surface area contributed by atoms with Crippen molar-refractivity contribution in [3.05, 3.63) is 117 Å². The number of hydrogen-bond donors (Lipinski definition) is 1. The molecule has 10 heteroatoms. The third-order valence-corrected chi connectivity index (χ3v) is 8.69. The summed E-state index contributed by atoms with van der Waals surface area (Å²) in [6.07, 6.45) is 0. The van der Waals surface area contributed by atoms with Crippen LogP contribution in [0.4, 0.5) is 11.4 Å². The molecule has 0 bridgehead atoms. The van der Waals surface area contributed by atoms with Gasteiger partial charge in [0, 0.05) is 16.3 Å². The van der Waals surface area contributed by atoms with Gasteiger partial charge in [-0.05, 0) is 66.2 Å². The molecule has 6 nitrogen and oxygen atoms in total. The van der Waals surface area contributed by atoms with Crippen molar-refractivity contribution in [1.29, 1.82) is 0 Å². The molecule has 0 radical (unpaired) electrons. The van der Waals surface area contributed by atoms with E-state index in [2.05, 4.69) is 5.32 Å². The first-order valence-electron chi connectivity index (χ1n) is 11.0. The van der Waals surface area contributed by atoms with Crippen molar-refractivity contribution in [2.75, 3.05) is 10.2 Å². The first-order chi connectivity index (χ1) is 17.6. The van der Waals surface area contributed by atoms with Crippen LogP contribution >= 0.6 is 34.8 Å². The summed E-state index contributed by atoms with van der Waals surface area (Å²) in [4.78, 5) is 28.0. The minimum absolute atomic E-state index is 0.0358. The molecule has 0 fully saturated rings. The van der Waals surface area contributed by atoms with Gasteiger partial charge in [0.2, 0.25) is 9.84 Å². The molecular formula is C27H17Cl3N2O4S. The van der Waals surface area contributed by atoms with Crippen LogP contribution in [0.1, 0.15) is 26.3 Å². The van der Waals surface area contributed by atoms with E-state index in [9.17, 15) is 18.0 Å². The van der Waals surface area contributed by atoms with Crippen LogP contribution in [-0.2, 0) is 16.4 Å². The smallest absolute Gasteiger partial charge is 0.259 e. The Bertz CT molecular complexity index is 1690. The number of hydrogen-bond acceptors (Lipinski definition) is 4. The Morgan fingerprint density at radius 3 is 2.35 bits per heavy atom. The number of anilines is 2. The lowest BCUT2D eigenvalue weighted by molar-refractivity contribution is 0.0979.